The van der Waals surface area contributed by atoms with Crippen LogP contribution < -0.4 is 9.47 Å². The number of ether oxygens (including phenoxy) is 2. The third-order valence-electron chi connectivity index (χ3n) is 6.62. The molecule has 1 saturated heterocycles. The van der Waals surface area contributed by atoms with E-state index in [-0.39, 0.29) is 17.9 Å². The molecule has 5 rings (SSSR count). The molecule has 0 radical (unpaired) electrons. The molecule has 1 atom stereocenters. The summed E-state index contributed by atoms with van der Waals surface area (Å²) in [7, 11) is 3.20. The van der Waals surface area contributed by atoms with Crippen molar-refractivity contribution < 1.29 is 24.2 Å². The van der Waals surface area contributed by atoms with Gasteiger partial charge >= 0.3 is 0 Å². The van der Waals surface area contributed by atoms with E-state index >= 15 is 0 Å². The Balaban J connectivity index is 1.55. The number of H-pyrrole nitrogens is 1. The number of amides is 1. The van der Waals surface area contributed by atoms with E-state index in [0.29, 0.717) is 23.3 Å². The number of aromatic amines is 1. The number of aliphatic hydroxyl groups is 1. The monoisotopic (exact) mass is 482 g/mol. The molecule has 2 heterocycles. The van der Waals surface area contributed by atoms with E-state index in [1.165, 1.54) is 4.90 Å². The second-order valence-corrected chi connectivity index (χ2v) is 8.61. The second-order valence-electron chi connectivity index (χ2n) is 8.61. The first-order valence-corrected chi connectivity index (χ1v) is 11.6. The number of hydrogen-bond donors (Lipinski definition) is 2. The van der Waals surface area contributed by atoms with Crippen LogP contribution in [0.5, 0.6) is 11.5 Å². The number of aliphatic hydroxyl groups excluding tert-OH is 1. The predicted molar refractivity (Wildman–Crippen MR) is 137 cm³/mol. The average Bonchev–Trinajstić information content (AvgIpc) is 3.44. The molecule has 1 aliphatic heterocycles. The van der Waals surface area contributed by atoms with Gasteiger partial charge in [-0.2, -0.15) is 0 Å². The molecule has 3 aromatic carbocycles. The number of rotatable bonds is 7. The van der Waals surface area contributed by atoms with Gasteiger partial charge in [-0.15, -0.1) is 0 Å². The lowest BCUT2D eigenvalue weighted by atomic mass is 9.95. The standard InChI is InChI=1S/C29H26N2O5/c1-35-21-10-8-18(9-11-21)26-25(27(32)19-6-4-3-5-7-19)28(33)29(34)31(26)15-14-20-17-30-24-13-12-22(36-2)16-23(20)24/h3-13,16-17,26,30,32H,14-15H2,1-2H3/t26-/m0/s1. The molecule has 4 aromatic rings. The van der Waals surface area contributed by atoms with Crippen LogP contribution in [0.2, 0.25) is 0 Å². The quantitative estimate of drug-likeness (QED) is 0.223. The highest BCUT2D eigenvalue weighted by Gasteiger charge is 2.45. The van der Waals surface area contributed by atoms with Gasteiger partial charge in [0.1, 0.15) is 17.3 Å². The number of fused-ring (bicyclic) bond motifs is 1. The summed E-state index contributed by atoms with van der Waals surface area (Å²) >= 11 is 0. The fourth-order valence-electron chi connectivity index (χ4n) is 4.73. The average molecular weight is 483 g/mol. The van der Waals surface area contributed by atoms with Gasteiger partial charge in [0.05, 0.1) is 25.8 Å². The predicted octanol–water partition coefficient (Wildman–Crippen LogP) is 4.85. The third kappa shape index (κ3) is 4.09. The maximum atomic E-state index is 13.3. The van der Waals surface area contributed by atoms with Crippen LogP contribution in [0.1, 0.15) is 22.7 Å². The zero-order chi connectivity index (χ0) is 25.2. The van der Waals surface area contributed by atoms with E-state index < -0.39 is 17.7 Å². The van der Waals surface area contributed by atoms with Crippen molar-refractivity contribution in [3.8, 4) is 11.5 Å². The van der Waals surface area contributed by atoms with E-state index in [4.69, 9.17) is 9.47 Å². The van der Waals surface area contributed by atoms with Gasteiger partial charge in [-0.05, 0) is 47.9 Å². The first-order valence-electron chi connectivity index (χ1n) is 11.6. The van der Waals surface area contributed by atoms with Crippen molar-refractivity contribution >= 4 is 28.4 Å². The van der Waals surface area contributed by atoms with Gasteiger partial charge in [-0.3, -0.25) is 9.59 Å². The largest absolute Gasteiger partial charge is 0.507 e. The Morgan fingerprint density at radius 2 is 1.64 bits per heavy atom. The lowest BCUT2D eigenvalue weighted by molar-refractivity contribution is -0.139. The lowest BCUT2D eigenvalue weighted by Crippen LogP contribution is -2.31. The number of methoxy groups -OCH3 is 2. The SMILES string of the molecule is COc1ccc([C@H]2C(=C(O)c3ccccc3)C(=O)C(=O)N2CCc2c[nH]c3ccc(OC)cc23)cc1. The fourth-order valence-corrected chi connectivity index (χ4v) is 4.73. The number of nitrogens with zero attached hydrogens (tertiary/aromatic N) is 1. The van der Waals surface area contributed by atoms with E-state index in [1.54, 1.807) is 50.6 Å². The van der Waals surface area contributed by atoms with E-state index in [2.05, 4.69) is 4.98 Å². The zero-order valence-corrected chi connectivity index (χ0v) is 20.0. The molecule has 0 aliphatic carbocycles. The number of carbonyl (C=O) groups excluding carboxylic acids is 2. The first kappa shape index (κ1) is 23.2. The van der Waals surface area contributed by atoms with Gasteiger partial charge in [0, 0.05) is 29.2 Å². The van der Waals surface area contributed by atoms with Crippen LogP contribution in [-0.4, -0.2) is 47.4 Å². The lowest BCUT2D eigenvalue weighted by Gasteiger charge is -2.25. The number of ketones is 1. The van der Waals surface area contributed by atoms with Crippen LogP contribution in [0.15, 0.2) is 84.6 Å². The molecular formula is C29H26N2O5. The van der Waals surface area contributed by atoms with Gasteiger partial charge in [0.25, 0.3) is 11.7 Å². The van der Waals surface area contributed by atoms with Crippen molar-refractivity contribution in [3.05, 3.63) is 101 Å². The van der Waals surface area contributed by atoms with Crippen LogP contribution in [0.25, 0.3) is 16.7 Å². The minimum atomic E-state index is -0.726. The fraction of sp³-hybridized carbons (Fsp3) is 0.172. The summed E-state index contributed by atoms with van der Waals surface area (Å²) in [6, 6.07) is 21.1. The maximum Gasteiger partial charge on any atom is 0.295 e. The number of likely N-dealkylation sites (tertiary alicyclic amines) is 1. The first-order chi connectivity index (χ1) is 17.5. The molecule has 1 fully saturated rings. The molecule has 2 N–H and O–H groups in total. The number of hydrogen-bond acceptors (Lipinski definition) is 5. The normalized spacial score (nSPS) is 17.1. The van der Waals surface area contributed by atoms with Crippen molar-refractivity contribution in [2.45, 2.75) is 12.5 Å². The Hall–Kier alpha value is -4.52. The number of aromatic nitrogens is 1. The second kappa shape index (κ2) is 9.62. The number of nitrogens with one attached hydrogen (secondary N) is 1. The molecular weight excluding hydrogens is 456 g/mol. The molecule has 0 spiro atoms. The summed E-state index contributed by atoms with van der Waals surface area (Å²) in [6.07, 6.45) is 2.42. The van der Waals surface area contributed by atoms with Gasteiger partial charge in [-0.1, -0.05) is 42.5 Å². The van der Waals surface area contributed by atoms with Crippen molar-refractivity contribution in [2.75, 3.05) is 20.8 Å². The van der Waals surface area contributed by atoms with E-state index in [1.807, 2.05) is 42.6 Å². The highest BCUT2D eigenvalue weighted by molar-refractivity contribution is 6.46. The Kier molecular flexibility index (Phi) is 6.21. The third-order valence-corrected chi connectivity index (χ3v) is 6.62. The maximum absolute atomic E-state index is 13.3. The topological polar surface area (TPSA) is 91.9 Å². The van der Waals surface area contributed by atoms with Gasteiger partial charge < -0.3 is 24.5 Å². The Morgan fingerprint density at radius 1 is 0.944 bits per heavy atom. The summed E-state index contributed by atoms with van der Waals surface area (Å²) in [5, 5.41) is 12.1. The molecule has 7 nitrogen and oxygen atoms in total. The smallest absolute Gasteiger partial charge is 0.295 e. The van der Waals surface area contributed by atoms with Crippen molar-refractivity contribution in [3.63, 3.8) is 0 Å². The summed E-state index contributed by atoms with van der Waals surface area (Å²) in [5.74, 6) is -0.117. The van der Waals surface area contributed by atoms with Crippen LogP contribution in [-0.2, 0) is 16.0 Å². The molecule has 0 unspecified atom stereocenters. The van der Waals surface area contributed by atoms with Crippen molar-refractivity contribution in [1.29, 1.82) is 0 Å². The number of carbonyl (C=O) groups is 2. The van der Waals surface area contributed by atoms with Gasteiger partial charge in [0.2, 0.25) is 0 Å². The molecule has 1 amide bonds. The zero-order valence-electron chi connectivity index (χ0n) is 20.0. The minimum Gasteiger partial charge on any atom is -0.507 e. The molecule has 7 heteroatoms. The summed E-state index contributed by atoms with van der Waals surface area (Å²) in [5.41, 5.74) is 3.24. The Morgan fingerprint density at radius 3 is 2.33 bits per heavy atom. The molecule has 36 heavy (non-hydrogen) atoms. The molecule has 1 aromatic heterocycles. The molecule has 182 valence electrons. The Labute approximate surface area is 208 Å². The van der Waals surface area contributed by atoms with Crippen molar-refractivity contribution in [2.24, 2.45) is 0 Å². The molecule has 1 aliphatic rings. The summed E-state index contributed by atoms with van der Waals surface area (Å²) in [4.78, 5) is 31.3. The summed E-state index contributed by atoms with van der Waals surface area (Å²) < 4.78 is 10.6. The highest BCUT2D eigenvalue weighted by atomic mass is 16.5. The van der Waals surface area contributed by atoms with Crippen LogP contribution in [0.3, 0.4) is 0 Å². The van der Waals surface area contributed by atoms with Crippen molar-refractivity contribution in [1.82, 2.24) is 9.88 Å². The van der Waals surface area contributed by atoms with E-state index in [9.17, 15) is 14.7 Å². The van der Waals surface area contributed by atoms with Crippen LogP contribution in [0.4, 0.5) is 0 Å². The van der Waals surface area contributed by atoms with Crippen LogP contribution in [0, 0.1) is 0 Å². The van der Waals surface area contributed by atoms with Crippen LogP contribution >= 0.6 is 0 Å². The van der Waals surface area contributed by atoms with Gasteiger partial charge in [0.15, 0.2) is 0 Å². The summed E-state index contributed by atoms with van der Waals surface area (Å²) in [6.45, 7) is 0.289. The minimum absolute atomic E-state index is 0.0805. The van der Waals surface area contributed by atoms with Gasteiger partial charge in [-0.25, -0.2) is 0 Å². The van der Waals surface area contributed by atoms with E-state index in [0.717, 1.165) is 22.2 Å². The molecule has 0 saturated carbocycles. The Bertz CT molecular complexity index is 1450. The number of Topliss-reactive ketones (excluding diaryl/α,β-unsaturated/α-hetero) is 1. The molecule has 0 bridgehead atoms. The highest BCUT2D eigenvalue weighted by Crippen LogP contribution is 2.40. The number of benzene rings is 3.